The molecule has 106 valence electrons. The highest BCUT2D eigenvalue weighted by molar-refractivity contribution is 5.42. The van der Waals surface area contributed by atoms with Gasteiger partial charge in [-0.15, -0.1) is 0 Å². The largest absolute Gasteiger partial charge is 0.357 e. The Morgan fingerprint density at radius 3 is 2.58 bits per heavy atom. The van der Waals surface area contributed by atoms with Crippen molar-refractivity contribution >= 4 is 5.82 Å². The lowest BCUT2D eigenvalue weighted by Crippen LogP contribution is -2.30. The number of nitrogens with zero attached hydrogens (tertiary/aromatic N) is 2. The maximum absolute atomic E-state index is 4.78. The van der Waals surface area contributed by atoms with E-state index in [0.717, 1.165) is 18.1 Å². The Bertz CT molecular complexity index is 408. The molecular weight excluding hydrogens is 234 g/mol. The first-order chi connectivity index (χ1) is 9.08. The van der Waals surface area contributed by atoms with Crippen LogP contribution >= 0.6 is 0 Å². The predicted octanol–water partition coefficient (Wildman–Crippen LogP) is 3.27. The number of hydrogen-bond acceptors (Lipinski definition) is 3. The summed E-state index contributed by atoms with van der Waals surface area (Å²) in [6.07, 6.45) is 5.36. The standard InChI is InChI=1S/C16H27N3/c1-12(2)17-11-14-9-10-16(18-13(14)3)19(4)15-7-5-6-8-15/h9-10,12,15,17H,5-8,11H2,1-4H3. The third kappa shape index (κ3) is 3.69. The second-order valence-corrected chi connectivity index (χ2v) is 6.00. The number of anilines is 1. The maximum atomic E-state index is 4.78. The molecule has 3 heteroatoms. The van der Waals surface area contributed by atoms with Gasteiger partial charge in [-0.05, 0) is 31.4 Å². The van der Waals surface area contributed by atoms with Crippen molar-refractivity contribution in [2.75, 3.05) is 11.9 Å². The van der Waals surface area contributed by atoms with Crippen molar-refractivity contribution in [2.24, 2.45) is 0 Å². The molecule has 1 aliphatic carbocycles. The van der Waals surface area contributed by atoms with Crippen LogP contribution in [0.15, 0.2) is 12.1 Å². The van der Waals surface area contributed by atoms with Gasteiger partial charge in [-0.25, -0.2) is 4.98 Å². The van der Waals surface area contributed by atoms with Crippen LogP contribution in [-0.2, 0) is 6.54 Å². The molecule has 1 aliphatic rings. The third-order valence-corrected chi connectivity index (χ3v) is 4.12. The molecular formula is C16H27N3. The average molecular weight is 261 g/mol. The first-order valence-corrected chi connectivity index (χ1v) is 7.50. The topological polar surface area (TPSA) is 28.2 Å². The van der Waals surface area contributed by atoms with Crippen LogP contribution in [0.3, 0.4) is 0 Å². The Kier molecular flexibility index (Phi) is 4.81. The zero-order chi connectivity index (χ0) is 13.8. The average Bonchev–Trinajstić information content (AvgIpc) is 2.90. The summed E-state index contributed by atoms with van der Waals surface area (Å²) < 4.78 is 0. The number of hydrogen-bond donors (Lipinski definition) is 1. The van der Waals surface area contributed by atoms with Crippen molar-refractivity contribution in [3.8, 4) is 0 Å². The normalized spacial score (nSPS) is 16.3. The van der Waals surface area contributed by atoms with Crippen molar-refractivity contribution < 1.29 is 0 Å². The highest BCUT2D eigenvalue weighted by atomic mass is 15.2. The molecule has 0 aromatic carbocycles. The lowest BCUT2D eigenvalue weighted by atomic mass is 10.1. The van der Waals surface area contributed by atoms with E-state index in [1.54, 1.807) is 0 Å². The van der Waals surface area contributed by atoms with Gasteiger partial charge < -0.3 is 10.2 Å². The van der Waals surface area contributed by atoms with Crippen molar-refractivity contribution in [3.05, 3.63) is 23.4 Å². The summed E-state index contributed by atoms with van der Waals surface area (Å²) in [4.78, 5) is 7.14. The molecule has 0 amide bonds. The highest BCUT2D eigenvalue weighted by Crippen LogP contribution is 2.26. The molecule has 2 rings (SSSR count). The van der Waals surface area contributed by atoms with Gasteiger partial charge in [0.05, 0.1) is 0 Å². The first kappa shape index (κ1) is 14.3. The van der Waals surface area contributed by atoms with Crippen molar-refractivity contribution in [2.45, 2.75) is 65.1 Å². The minimum absolute atomic E-state index is 0.514. The van der Waals surface area contributed by atoms with Crippen molar-refractivity contribution in [1.82, 2.24) is 10.3 Å². The van der Waals surface area contributed by atoms with Gasteiger partial charge in [0.15, 0.2) is 0 Å². The first-order valence-electron chi connectivity index (χ1n) is 7.50. The molecule has 0 bridgehead atoms. The van der Waals surface area contributed by atoms with Crippen LogP contribution in [0.5, 0.6) is 0 Å². The van der Waals surface area contributed by atoms with E-state index < -0.39 is 0 Å². The van der Waals surface area contributed by atoms with Crippen LogP contribution in [0.25, 0.3) is 0 Å². The number of aromatic nitrogens is 1. The van der Waals surface area contributed by atoms with Gasteiger partial charge in [-0.3, -0.25) is 0 Å². The van der Waals surface area contributed by atoms with E-state index in [-0.39, 0.29) is 0 Å². The minimum atomic E-state index is 0.514. The molecule has 19 heavy (non-hydrogen) atoms. The monoisotopic (exact) mass is 261 g/mol. The van der Waals surface area contributed by atoms with Gasteiger partial charge in [0, 0.05) is 31.4 Å². The van der Waals surface area contributed by atoms with Crippen LogP contribution in [-0.4, -0.2) is 24.1 Å². The molecule has 1 aromatic heterocycles. The summed E-state index contributed by atoms with van der Waals surface area (Å²) in [7, 11) is 2.18. The fraction of sp³-hybridized carbons (Fsp3) is 0.688. The highest BCUT2D eigenvalue weighted by Gasteiger charge is 2.20. The lowest BCUT2D eigenvalue weighted by molar-refractivity contribution is 0.585. The van der Waals surface area contributed by atoms with Crippen molar-refractivity contribution in [3.63, 3.8) is 0 Å². The van der Waals surface area contributed by atoms with E-state index in [0.29, 0.717) is 12.1 Å². The quantitative estimate of drug-likeness (QED) is 0.881. The molecule has 1 aromatic rings. The van der Waals surface area contributed by atoms with Crippen LogP contribution < -0.4 is 10.2 Å². The number of nitrogens with one attached hydrogen (secondary N) is 1. The fourth-order valence-electron chi connectivity index (χ4n) is 2.75. The number of pyridine rings is 1. The fourth-order valence-corrected chi connectivity index (χ4v) is 2.75. The molecule has 3 nitrogen and oxygen atoms in total. The molecule has 1 saturated carbocycles. The van der Waals surface area contributed by atoms with Crippen LogP contribution in [0, 0.1) is 6.92 Å². The van der Waals surface area contributed by atoms with Gasteiger partial charge in [0.2, 0.25) is 0 Å². The van der Waals surface area contributed by atoms with E-state index in [1.807, 2.05) is 0 Å². The van der Waals surface area contributed by atoms with E-state index in [9.17, 15) is 0 Å². The summed E-state index contributed by atoms with van der Waals surface area (Å²) in [5.41, 5.74) is 2.45. The van der Waals surface area contributed by atoms with Gasteiger partial charge >= 0.3 is 0 Å². The second-order valence-electron chi connectivity index (χ2n) is 6.00. The van der Waals surface area contributed by atoms with Crippen LogP contribution in [0.1, 0.15) is 50.8 Å². The molecule has 0 atom stereocenters. The molecule has 1 heterocycles. The zero-order valence-electron chi connectivity index (χ0n) is 12.7. The third-order valence-electron chi connectivity index (χ3n) is 4.12. The van der Waals surface area contributed by atoms with Crippen molar-refractivity contribution in [1.29, 1.82) is 0 Å². The number of aryl methyl sites for hydroxylation is 1. The van der Waals surface area contributed by atoms with E-state index in [2.05, 4.69) is 50.2 Å². The molecule has 1 N–H and O–H groups in total. The van der Waals surface area contributed by atoms with E-state index in [4.69, 9.17) is 4.98 Å². The SMILES string of the molecule is Cc1nc(N(C)C2CCCC2)ccc1CNC(C)C. The Hall–Kier alpha value is -1.09. The van der Waals surface area contributed by atoms with Gasteiger partial charge in [0.1, 0.15) is 5.82 Å². The number of rotatable bonds is 5. The van der Waals surface area contributed by atoms with Crippen LogP contribution in [0.2, 0.25) is 0 Å². The van der Waals surface area contributed by atoms with Gasteiger partial charge in [-0.1, -0.05) is 32.8 Å². The summed E-state index contributed by atoms with van der Waals surface area (Å²) in [6.45, 7) is 7.36. The summed E-state index contributed by atoms with van der Waals surface area (Å²) in [6, 6.07) is 5.59. The minimum Gasteiger partial charge on any atom is -0.357 e. The summed E-state index contributed by atoms with van der Waals surface area (Å²) >= 11 is 0. The van der Waals surface area contributed by atoms with E-state index in [1.165, 1.54) is 31.2 Å². The molecule has 1 fully saturated rings. The molecule has 0 unspecified atom stereocenters. The van der Waals surface area contributed by atoms with Gasteiger partial charge in [0.25, 0.3) is 0 Å². The van der Waals surface area contributed by atoms with Gasteiger partial charge in [-0.2, -0.15) is 0 Å². The Labute approximate surface area is 117 Å². The predicted molar refractivity (Wildman–Crippen MR) is 81.6 cm³/mol. The summed E-state index contributed by atoms with van der Waals surface area (Å²) in [5, 5.41) is 3.45. The Morgan fingerprint density at radius 1 is 1.32 bits per heavy atom. The lowest BCUT2D eigenvalue weighted by Gasteiger charge is -2.26. The maximum Gasteiger partial charge on any atom is 0.128 e. The zero-order valence-corrected chi connectivity index (χ0v) is 12.7. The van der Waals surface area contributed by atoms with Crippen LogP contribution in [0.4, 0.5) is 5.82 Å². The molecule has 0 aliphatic heterocycles. The smallest absolute Gasteiger partial charge is 0.128 e. The molecule has 0 saturated heterocycles. The second kappa shape index (κ2) is 6.38. The molecule has 0 radical (unpaired) electrons. The Morgan fingerprint density at radius 2 is 2.00 bits per heavy atom. The molecule has 0 spiro atoms. The van der Waals surface area contributed by atoms with E-state index >= 15 is 0 Å². The summed E-state index contributed by atoms with van der Waals surface area (Å²) in [5.74, 6) is 1.12. The Balaban J connectivity index is 2.05.